The molecule has 1 aliphatic rings. The molecular formula is C16H27NS. The molecule has 1 nitrogen and oxygen atoms in total. The lowest BCUT2D eigenvalue weighted by atomic mass is 9.89. The second-order valence-electron chi connectivity index (χ2n) is 7.71. The molecule has 0 spiro atoms. The zero-order valence-electron chi connectivity index (χ0n) is 12.8. The van der Waals surface area contributed by atoms with Gasteiger partial charge in [0.1, 0.15) is 0 Å². The van der Waals surface area contributed by atoms with Gasteiger partial charge in [-0.1, -0.05) is 54.4 Å². The molecule has 0 unspecified atom stereocenters. The zero-order chi connectivity index (χ0) is 13.6. The van der Waals surface area contributed by atoms with Crippen LogP contribution >= 0.6 is 11.3 Å². The minimum Gasteiger partial charge on any atom is -0.245 e. The highest BCUT2D eigenvalue weighted by Gasteiger charge is 2.31. The van der Waals surface area contributed by atoms with E-state index in [1.54, 1.807) is 0 Å². The topological polar surface area (TPSA) is 12.9 Å². The Kier molecular flexibility index (Phi) is 3.61. The second kappa shape index (κ2) is 4.63. The Labute approximate surface area is 116 Å². The molecule has 0 amide bonds. The van der Waals surface area contributed by atoms with Crippen LogP contribution in [0, 0.1) is 0 Å². The Morgan fingerprint density at radius 2 is 1.50 bits per heavy atom. The Hall–Kier alpha value is -0.370. The van der Waals surface area contributed by atoms with Crippen LogP contribution in [-0.4, -0.2) is 4.98 Å². The van der Waals surface area contributed by atoms with Gasteiger partial charge < -0.3 is 0 Å². The molecule has 0 saturated heterocycles. The summed E-state index contributed by atoms with van der Waals surface area (Å²) in [6.07, 6.45) is 5.46. The van der Waals surface area contributed by atoms with Crippen LogP contribution < -0.4 is 0 Å². The van der Waals surface area contributed by atoms with E-state index >= 15 is 0 Å². The first kappa shape index (κ1) is 14.0. The van der Waals surface area contributed by atoms with Crippen LogP contribution in [0.25, 0.3) is 0 Å². The summed E-state index contributed by atoms with van der Waals surface area (Å²) in [6.45, 7) is 13.8. The first-order chi connectivity index (χ1) is 8.19. The lowest BCUT2D eigenvalue weighted by Crippen LogP contribution is -2.13. The molecule has 1 fully saturated rings. The van der Waals surface area contributed by atoms with E-state index in [0.717, 1.165) is 5.92 Å². The first-order valence-corrected chi connectivity index (χ1v) is 8.03. The molecule has 1 aromatic heterocycles. The maximum absolute atomic E-state index is 5.05. The zero-order valence-corrected chi connectivity index (χ0v) is 13.6. The summed E-state index contributed by atoms with van der Waals surface area (Å²) < 4.78 is 0. The summed E-state index contributed by atoms with van der Waals surface area (Å²) >= 11 is 1.95. The molecule has 0 atom stereocenters. The molecule has 0 radical (unpaired) electrons. The fourth-order valence-corrected chi connectivity index (χ4v) is 3.93. The Bertz CT molecular complexity index is 411. The average molecular weight is 265 g/mol. The van der Waals surface area contributed by atoms with Gasteiger partial charge in [-0.15, -0.1) is 11.3 Å². The number of nitrogens with zero attached hydrogens (tertiary/aromatic N) is 1. The molecule has 2 rings (SSSR count). The van der Waals surface area contributed by atoms with Gasteiger partial charge in [0, 0.05) is 16.2 Å². The summed E-state index contributed by atoms with van der Waals surface area (Å²) in [7, 11) is 0. The minimum atomic E-state index is 0.182. The van der Waals surface area contributed by atoms with Crippen molar-refractivity contribution < 1.29 is 0 Å². The number of rotatable bonds is 1. The van der Waals surface area contributed by atoms with Crippen molar-refractivity contribution in [2.24, 2.45) is 0 Å². The predicted molar refractivity (Wildman–Crippen MR) is 80.7 cm³/mol. The van der Waals surface area contributed by atoms with E-state index < -0.39 is 0 Å². The second-order valence-corrected chi connectivity index (χ2v) is 8.71. The van der Waals surface area contributed by atoms with Crippen molar-refractivity contribution >= 4 is 11.3 Å². The first-order valence-electron chi connectivity index (χ1n) is 7.21. The van der Waals surface area contributed by atoms with Gasteiger partial charge >= 0.3 is 0 Å². The van der Waals surface area contributed by atoms with E-state index in [-0.39, 0.29) is 10.8 Å². The van der Waals surface area contributed by atoms with E-state index in [1.807, 2.05) is 11.3 Å². The van der Waals surface area contributed by atoms with Crippen LogP contribution in [0.2, 0.25) is 0 Å². The van der Waals surface area contributed by atoms with Crippen molar-refractivity contribution in [2.45, 2.75) is 84.0 Å². The van der Waals surface area contributed by atoms with Gasteiger partial charge in [-0.2, -0.15) is 0 Å². The third kappa shape index (κ3) is 2.79. The third-order valence-corrected chi connectivity index (χ3v) is 5.64. The molecule has 1 heterocycles. The van der Waals surface area contributed by atoms with E-state index in [2.05, 4.69) is 41.5 Å². The summed E-state index contributed by atoms with van der Waals surface area (Å²) in [5.41, 5.74) is 1.84. The number of hydrogen-bond acceptors (Lipinski definition) is 2. The number of thiazole rings is 1. The van der Waals surface area contributed by atoms with Gasteiger partial charge in [-0.05, 0) is 18.3 Å². The van der Waals surface area contributed by atoms with Gasteiger partial charge in [0.15, 0.2) is 0 Å². The number of hydrogen-bond donors (Lipinski definition) is 0. The van der Waals surface area contributed by atoms with Crippen molar-refractivity contribution in [1.29, 1.82) is 0 Å². The van der Waals surface area contributed by atoms with Crippen LogP contribution in [0.15, 0.2) is 0 Å². The predicted octanol–water partition coefficient (Wildman–Crippen LogP) is 5.40. The molecule has 1 aliphatic carbocycles. The monoisotopic (exact) mass is 265 g/mol. The quantitative estimate of drug-likeness (QED) is 0.663. The molecule has 0 N–H and O–H groups in total. The van der Waals surface area contributed by atoms with Crippen LogP contribution in [0.3, 0.4) is 0 Å². The fourth-order valence-electron chi connectivity index (χ4n) is 2.67. The summed E-state index contributed by atoms with van der Waals surface area (Å²) in [5, 5.41) is 1.31. The van der Waals surface area contributed by atoms with Crippen LogP contribution in [0.1, 0.15) is 88.7 Å². The third-order valence-electron chi connectivity index (χ3n) is 3.72. The van der Waals surface area contributed by atoms with Crippen molar-refractivity contribution in [2.75, 3.05) is 0 Å². The van der Waals surface area contributed by atoms with E-state index in [1.165, 1.54) is 41.3 Å². The van der Waals surface area contributed by atoms with Crippen LogP contribution in [0.5, 0.6) is 0 Å². The molecule has 2 heteroatoms. The van der Waals surface area contributed by atoms with E-state index in [0.29, 0.717) is 0 Å². The lowest BCUT2D eigenvalue weighted by Gasteiger charge is -2.20. The Morgan fingerprint density at radius 3 is 1.94 bits per heavy atom. The lowest BCUT2D eigenvalue weighted by molar-refractivity contribution is 0.564. The van der Waals surface area contributed by atoms with Crippen molar-refractivity contribution in [3.05, 3.63) is 15.6 Å². The van der Waals surface area contributed by atoms with Crippen molar-refractivity contribution in [1.82, 2.24) is 4.98 Å². The van der Waals surface area contributed by atoms with Crippen LogP contribution in [0.4, 0.5) is 0 Å². The molecule has 1 saturated carbocycles. The maximum atomic E-state index is 5.05. The molecule has 0 aromatic carbocycles. The summed E-state index contributed by atoms with van der Waals surface area (Å²) in [5.74, 6) is 0.728. The van der Waals surface area contributed by atoms with Gasteiger partial charge in [0.05, 0.1) is 10.7 Å². The smallest absolute Gasteiger partial charge is 0.0984 e. The molecule has 102 valence electrons. The minimum absolute atomic E-state index is 0.182. The van der Waals surface area contributed by atoms with Gasteiger partial charge in [0.25, 0.3) is 0 Å². The highest BCUT2D eigenvalue weighted by Crippen LogP contribution is 2.43. The summed E-state index contributed by atoms with van der Waals surface area (Å²) in [4.78, 5) is 6.58. The maximum Gasteiger partial charge on any atom is 0.0984 e. The molecule has 0 aliphatic heterocycles. The van der Waals surface area contributed by atoms with E-state index in [9.17, 15) is 0 Å². The summed E-state index contributed by atoms with van der Waals surface area (Å²) in [6, 6.07) is 0. The normalized spacial score (nSPS) is 18.6. The fraction of sp³-hybridized carbons (Fsp3) is 0.812. The highest BCUT2D eigenvalue weighted by molar-refractivity contribution is 7.12. The van der Waals surface area contributed by atoms with Crippen molar-refractivity contribution in [3.8, 4) is 0 Å². The van der Waals surface area contributed by atoms with Gasteiger partial charge in [0.2, 0.25) is 0 Å². The average Bonchev–Trinajstić information content (AvgIpc) is 2.84. The molecule has 18 heavy (non-hydrogen) atoms. The van der Waals surface area contributed by atoms with Gasteiger partial charge in [-0.25, -0.2) is 4.98 Å². The molecule has 1 aromatic rings. The van der Waals surface area contributed by atoms with Crippen molar-refractivity contribution in [3.63, 3.8) is 0 Å². The molecule has 0 bridgehead atoms. The Morgan fingerprint density at radius 1 is 0.944 bits per heavy atom. The van der Waals surface area contributed by atoms with Crippen LogP contribution in [-0.2, 0) is 10.8 Å². The highest BCUT2D eigenvalue weighted by atomic mass is 32.1. The van der Waals surface area contributed by atoms with Gasteiger partial charge in [-0.3, -0.25) is 0 Å². The molecular weight excluding hydrogens is 238 g/mol. The standard InChI is InChI=1S/C16H27NS/c1-15(2,3)13-12(11-9-7-8-10-11)17-14(18-13)16(4,5)6/h11H,7-10H2,1-6H3. The Balaban J connectivity index is 2.45. The number of aromatic nitrogens is 1. The SMILES string of the molecule is CC(C)(C)c1nc(C2CCCC2)c(C(C)(C)C)s1. The van der Waals surface area contributed by atoms with E-state index in [4.69, 9.17) is 4.98 Å². The largest absolute Gasteiger partial charge is 0.245 e.